The molecule has 6 nitrogen and oxygen atoms in total. The predicted molar refractivity (Wildman–Crippen MR) is 110 cm³/mol. The van der Waals surface area contributed by atoms with Gasteiger partial charge in [-0.05, 0) is 93.4 Å². The van der Waals surface area contributed by atoms with Crippen molar-refractivity contribution in [2.75, 3.05) is 19.8 Å². The Morgan fingerprint density at radius 1 is 1.03 bits per heavy atom. The van der Waals surface area contributed by atoms with Gasteiger partial charge in [0.1, 0.15) is 12.4 Å². The normalized spacial score (nSPS) is 34.0. The van der Waals surface area contributed by atoms with E-state index in [1.165, 1.54) is 19.3 Å². The highest BCUT2D eigenvalue weighted by Crippen LogP contribution is 2.55. The zero-order valence-corrected chi connectivity index (χ0v) is 17.4. The van der Waals surface area contributed by atoms with Crippen LogP contribution in [-0.4, -0.2) is 43.3 Å². The molecule has 6 rings (SSSR count). The van der Waals surface area contributed by atoms with Crippen molar-refractivity contribution in [1.82, 2.24) is 5.32 Å². The molecule has 1 atom stereocenters. The van der Waals surface area contributed by atoms with Gasteiger partial charge in [0.05, 0.1) is 11.7 Å². The van der Waals surface area contributed by atoms with Gasteiger partial charge in [0.25, 0.3) is 5.91 Å². The van der Waals surface area contributed by atoms with Gasteiger partial charge in [-0.15, -0.1) is 0 Å². The van der Waals surface area contributed by atoms with Gasteiger partial charge in [-0.25, -0.2) is 4.79 Å². The minimum absolute atomic E-state index is 0.0553. The average Bonchev–Trinajstić information content (AvgIpc) is 3.23. The van der Waals surface area contributed by atoms with Crippen molar-refractivity contribution in [2.45, 2.75) is 63.0 Å². The van der Waals surface area contributed by atoms with Crippen LogP contribution in [0.25, 0.3) is 0 Å². The van der Waals surface area contributed by atoms with Crippen LogP contribution < -0.4 is 10.1 Å². The summed E-state index contributed by atoms with van der Waals surface area (Å²) in [4.78, 5) is 24.8. The fraction of sp³-hybridized carbons (Fsp3) is 0.667. The SMILES string of the molecule is O=C(COC(=O)c1ccc(OC[C@@H]2CCCO2)cc1)NC12CC3CC(CC(C3)C1)C2. The highest BCUT2D eigenvalue weighted by molar-refractivity contribution is 5.91. The molecule has 1 aromatic carbocycles. The molecule has 4 bridgehead atoms. The van der Waals surface area contributed by atoms with Crippen LogP contribution in [-0.2, 0) is 14.3 Å². The molecule has 1 amide bonds. The average molecular weight is 414 g/mol. The molecule has 0 aromatic heterocycles. The van der Waals surface area contributed by atoms with E-state index in [-0.39, 0.29) is 24.2 Å². The molecule has 1 heterocycles. The summed E-state index contributed by atoms with van der Waals surface area (Å²) in [5.74, 6) is 2.32. The molecule has 1 aliphatic heterocycles. The Kier molecular flexibility index (Phi) is 5.44. The molecule has 1 N–H and O–H groups in total. The standard InChI is InChI=1S/C24H31NO5/c26-22(25-24-11-16-8-17(12-24)10-18(9-16)13-24)15-30-23(27)19-3-5-20(6-4-19)29-14-21-2-1-7-28-21/h3-6,16-18,21H,1-2,7-15H2,(H,25,26)/t16?,17?,18?,21-,24?/m0/s1. The summed E-state index contributed by atoms with van der Waals surface area (Å²) in [6.45, 7) is 1.10. The maximum atomic E-state index is 12.5. The van der Waals surface area contributed by atoms with E-state index in [9.17, 15) is 9.59 Å². The summed E-state index contributed by atoms with van der Waals surface area (Å²) >= 11 is 0. The van der Waals surface area contributed by atoms with Gasteiger partial charge in [-0.1, -0.05) is 0 Å². The van der Waals surface area contributed by atoms with E-state index in [4.69, 9.17) is 14.2 Å². The van der Waals surface area contributed by atoms with Crippen molar-refractivity contribution in [3.05, 3.63) is 29.8 Å². The molecule has 4 aliphatic carbocycles. The van der Waals surface area contributed by atoms with Crippen LogP contribution in [0.1, 0.15) is 61.7 Å². The zero-order chi connectivity index (χ0) is 20.6. The van der Waals surface area contributed by atoms with Crippen LogP contribution in [0.5, 0.6) is 5.75 Å². The van der Waals surface area contributed by atoms with Gasteiger partial charge in [-0.2, -0.15) is 0 Å². The van der Waals surface area contributed by atoms with Crippen LogP contribution in [0.15, 0.2) is 24.3 Å². The molecule has 162 valence electrons. The Morgan fingerprint density at radius 3 is 2.30 bits per heavy atom. The predicted octanol–water partition coefficient (Wildman–Crippen LogP) is 3.49. The van der Waals surface area contributed by atoms with Crippen molar-refractivity contribution < 1.29 is 23.8 Å². The van der Waals surface area contributed by atoms with Gasteiger partial charge >= 0.3 is 5.97 Å². The Bertz CT molecular complexity index is 748. The molecule has 4 saturated carbocycles. The van der Waals surface area contributed by atoms with Crippen molar-refractivity contribution >= 4 is 11.9 Å². The molecule has 5 fully saturated rings. The van der Waals surface area contributed by atoms with Crippen LogP contribution in [0, 0.1) is 17.8 Å². The van der Waals surface area contributed by atoms with E-state index >= 15 is 0 Å². The number of esters is 1. The van der Waals surface area contributed by atoms with E-state index in [0.29, 0.717) is 17.9 Å². The fourth-order valence-electron chi connectivity index (χ4n) is 6.46. The lowest BCUT2D eigenvalue weighted by Gasteiger charge is -2.56. The Labute approximate surface area is 177 Å². The molecule has 6 heteroatoms. The van der Waals surface area contributed by atoms with E-state index < -0.39 is 5.97 Å². The third-order valence-corrected chi connectivity index (χ3v) is 7.33. The van der Waals surface area contributed by atoms with E-state index in [1.54, 1.807) is 24.3 Å². The van der Waals surface area contributed by atoms with Crippen LogP contribution in [0.4, 0.5) is 0 Å². The first-order chi connectivity index (χ1) is 14.6. The highest BCUT2D eigenvalue weighted by Gasteiger charge is 2.51. The van der Waals surface area contributed by atoms with E-state index in [2.05, 4.69) is 5.32 Å². The third-order valence-electron chi connectivity index (χ3n) is 7.33. The number of hydrogen-bond donors (Lipinski definition) is 1. The van der Waals surface area contributed by atoms with E-state index in [0.717, 1.165) is 56.5 Å². The number of amides is 1. The maximum Gasteiger partial charge on any atom is 0.338 e. The quantitative estimate of drug-likeness (QED) is 0.693. The summed E-state index contributed by atoms with van der Waals surface area (Å²) in [6.07, 6.45) is 9.52. The second-order valence-electron chi connectivity index (χ2n) is 9.79. The van der Waals surface area contributed by atoms with Crippen molar-refractivity contribution in [1.29, 1.82) is 0 Å². The third kappa shape index (κ3) is 4.34. The summed E-state index contributed by atoms with van der Waals surface area (Å²) in [5.41, 5.74) is 0.363. The first-order valence-corrected chi connectivity index (χ1v) is 11.4. The van der Waals surface area contributed by atoms with Crippen LogP contribution in [0.3, 0.4) is 0 Å². The smallest absolute Gasteiger partial charge is 0.338 e. The van der Waals surface area contributed by atoms with Gasteiger partial charge in [-0.3, -0.25) is 4.79 Å². The zero-order valence-electron chi connectivity index (χ0n) is 17.4. The van der Waals surface area contributed by atoms with E-state index in [1.807, 2.05) is 0 Å². The summed E-state index contributed by atoms with van der Waals surface area (Å²) in [6, 6.07) is 6.84. The lowest BCUT2D eigenvalue weighted by molar-refractivity contribution is -0.130. The Hall–Kier alpha value is -2.08. The first-order valence-electron chi connectivity index (χ1n) is 11.4. The highest BCUT2D eigenvalue weighted by atomic mass is 16.5. The minimum atomic E-state index is -0.485. The second-order valence-corrected chi connectivity index (χ2v) is 9.79. The van der Waals surface area contributed by atoms with Gasteiger partial charge in [0, 0.05) is 12.1 Å². The van der Waals surface area contributed by atoms with Crippen molar-refractivity contribution in [3.63, 3.8) is 0 Å². The second kappa shape index (κ2) is 8.22. The number of carbonyl (C=O) groups is 2. The molecule has 1 aromatic rings. The van der Waals surface area contributed by atoms with Gasteiger partial charge < -0.3 is 19.5 Å². The van der Waals surface area contributed by atoms with Gasteiger partial charge in [0.2, 0.25) is 0 Å². The van der Waals surface area contributed by atoms with Crippen molar-refractivity contribution in [3.8, 4) is 5.75 Å². The van der Waals surface area contributed by atoms with Crippen LogP contribution in [0.2, 0.25) is 0 Å². The molecule has 0 radical (unpaired) electrons. The number of nitrogens with one attached hydrogen (secondary N) is 1. The minimum Gasteiger partial charge on any atom is -0.491 e. The van der Waals surface area contributed by atoms with Crippen LogP contribution >= 0.6 is 0 Å². The summed E-state index contributed by atoms with van der Waals surface area (Å²) in [5, 5.41) is 3.24. The topological polar surface area (TPSA) is 73.9 Å². The molecular formula is C24H31NO5. The number of carbonyl (C=O) groups excluding carboxylic acids is 2. The first kappa shape index (κ1) is 19.9. The molecule has 0 spiro atoms. The molecule has 0 unspecified atom stereocenters. The Morgan fingerprint density at radius 2 is 1.70 bits per heavy atom. The number of ether oxygens (including phenoxy) is 3. The lowest BCUT2D eigenvalue weighted by Crippen LogP contribution is -2.60. The lowest BCUT2D eigenvalue weighted by atomic mass is 9.53. The molecular weight excluding hydrogens is 382 g/mol. The summed E-state index contributed by atoms with van der Waals surface area (Å²) in [7, 11) is 0. The van der Waals surface area contributed by atoms with Crippen molar-refractivity contribution in [2.24, 2.45) is 17.8 Å². The maximum absolute atomic E-state index is 12.5. The number of benzene rings is 1. The monoisotopic (exact) mass is 413 g/mol. The molecule has 5 aliphatic rings. The Balaban J connectivity index is 1.08. The number of hydrogen-bond acceptors (Lipinski definition) is 5. The largest absolute Gasteiger partial charge is 0.491 e. The molecule has 1 saturated heterocycles. The summed E-state index contributed by atoms with van der Waals surface area (Å²) < 4.78 is 16.5. The van der Waals surface area contributed by atoms with Gasteiger partial charge in [0.15, 0.2) is 6.61 Å². The fourth-order valence-corrected chi connectivity index (χ4v) is 6.46. The number of rotatable bonds is 7. The molecule has 30 heavy (non-hydrogen) atoms.